The molecule has 3 heterocycles. The van der Waals surface area contributed by atoms with Crippen molar-refractivity contribution in [3.8, 4) is 11.1 Å². The lowest BCUT2D eigenvalue weighted by Crippen LogP contribution is -2.21. The number of nitrogens with one attached hydrogen (secondary N) is 1. The average molecular weight is 332 g/mol. The fourth-order valence-electron chi connectivity index (χ4n) is 2.94. The predicted octanol–water partition coefficient (Wildman–Crippen LogP) is 2.92. The summed E-state index contributed by atoms with van der Waals surface area (Å²) < 4.78 is 1.85. The van der Waals surface area contributed by atoms with Crippen molar-refractivity contribution in [2.45, 2.75) is 0 Å². The quantitative estimate of drug-likeness (QED) is 0.609. The fourth-order valence-corrected chi connectivity index (χ4v) is 2.94. The van der Waals surface area contributed by atoms with Crippen LogP contribution in [0.3, 0.4) is 0 Å². The van der Waals surface area contributed by atoms with Gasteiger partial charge in [0.2, 0.25) is 0 Å². The monoisotopic (exact) mass is 332 g/mol. The van der Waals surface area contributed by atoms with Gasteiger partial charge < -0.3 is 10.2 Å². The molecular weight excluding hydrogens is 312 g/mol. The van der Waals surface area contributed by atoms with Gasteiger partial charge in [-0.15, -0.1) is 0 Å². The molecule has 0 aliphatic heterocycles. The first kappa shape index (κ1) is 15.5. The van der Waals surface area contributed by atoms with E-state index >= 15 is 0 Å². The van der Waals surface area contributed by atoms with Gasteiger partial charge in [0.25, 0.3) is 0 Å². The van der Waals surface area contributed by atoms with Gasteiger partial charge in [0.1, 0.15) is 5.82 Å². The van der Waals surface area contributed by atoms with E-state index < -0.39 is 0 Å². The Morgan fingerprint density at radius 1 is 1.00 bits per heavy atom. The number of fused-ring (bicyclic) bond motifs is 2. The molecule has 25 heavy (non-hydrogen) atoms. The highest BCUT2D eigenvalue weighted by molar-refractivity contribution is 5.96. The number of likely N-dealkylation sites (N-methyl/N-ethyl adjacent to an activating group) is 1. The number of anilines is 1. The summed E-state index contributed by atoms with van der Waals surface area (Å²) in [6.45, 7) is 1.79. The first-order valence-corrected chi connectivity index (χ1v) is 8.29. The molecule has 0 atom stereocenters. The van der Waals surface area contributed by atoms with Gasteiger partial charge in [0, 0.05) is 42.0 Å². The molecule has 1 N–H and O–H groups in total. The first-order valence-electron chi connectivity index (χ1n) is 8.29. The van der Waals surface area contributed by atoms with Gasteiger partial charge in [0.15, 0.2) is 5.65 Å². The maximum absolute atomic E-state index is 4.55. The molecule has 0 saturated carbocycles. The molecule has 6 heteroatoms. The Hall–Kier alpha value is -2.99. The summed E-state index contributed by atoms with van der Waals surface area (Å²) in [5.74, 6) is 0.936. The van der Waals surface area contributed by atoms with Crippen molar-refractivity contribution in [3.63, 3.8) is 0 Å². The lowest BCUT2D eigenvalue weighted by atomic mass is 10.0. The molecule has 0 spiro atoms. The number of aromatic nitrogens is 4. The van der Waals surface area contributed by atoms with E-state index in [1.165, 1.54) is 0 Å². The van der Waals surface area contributed by atoms with Gasteiger partial charge in [-0.3, -0.25) is 4.98 Å². The van der Waals surface area contributed by atoms with Crippen molar-refractivity contribution >= 4 is 22.4 Å². The van der Waals surface area contributed by atoms with E-state index in [2.05, 4.69) is 57.6 Å². The third kappa shape index (κ3) is 2.92. The molecule has 4 aromatic rings. The molecule has 0 aliphatic rings. The number of hydrogen-bond donors (Lipinski definition) is 1. The van der Waals surface area contributed by atoms with Crippen LogP contribution in [0, 0.1) is 0 Å². The van der Waals surface area contributed by atoms with E-state index in [9.17, 15) is 0 Å². The Balaban J connectivity index is 1.79. The summed E-state index contributed by atoms with van der Waals surface area (Å²) in [7, 11) is 4.12. The Morgan fingerprint density at radius 3 is 2.76 bits per heavy atom. The van der Waals surface area contributed by atoms with Gasteiger partial charge in [-0.05, 0) is 26.2 Å². The Bertz CT molecular complexity index is 1020. The normalized spacial score (nSPS) is 11.5. The third-order valence-electron chi connectivity index (χ3n) is 4.19. The second-order valence-corrected chi connectivity index (χ2v) is 6.23. The van der Waals surface area contributed by atoms with Crippen LogP contribution in [-0.4, -0.2) is 51.7 Å². The van der Waals surface area contributed by atoms with E-state index in [4.69, 9.17) is 0 Å². The van der Waals surface area contributed by atoms with Crippen molar-refractivity contribution in [3.05, 3.63) is 55.0 Å². The topological polar surface area (TPSA) is 58.3 Å². The highest BCUT2D eigenvalue weighted by Crippen LogP contribution is 2.30. The van der Waals surface area contributed by atoms with E-state index in [0.717, 1.165) is 46.6 Å². The molecule has 0 amide bonds. The third-order valence-corrected chi connectivity index (χ3v) is 4.19. The SMILES string of the molecule is CN(C)CCNc1ccnc2c(-c3cccc4cccnc34)cnn12. The molecule has 1 aromatic carbocycles. The van der Waals surface area contributed by atoms with Gasteiger partial charge in [-0.2, -0.15) is 9.61 Å². The molecule has 0 unspecified atom stereocenters. The van der Waals surface area contributed by atoms with Crippen LogP contribution in [-0.2, 0) is 0 Å². The average Bonchev–Trinajstić information content (AvgIpc) is 3.06. The zero-order valence-electron chi connectivity index (χ0n) is 14.3. The zero-order valence-corrected chi connectivity index (χ0v) is 14.3. The fraction of sp³-hybridized carbons (Fsp3) is 0.211. The molecule has 126 valence electrons. The van der Waals surface area contributed by atoms with Crippen LogP contribution >= 0.6 is 0 Å². The molecule has 6 nitrogen and oxygen atoms in total. The lowest BCUT2D eigenvalue weighted by molar-refractivity contribution is 0.425. The van der Waals surface area contributed by atoms with Crippen molar-refractivity contribution in [1.29, 1.82) is 0 Å². The van der Waals surface area contributed by atoms with Gasteiger partial charge in [-0.25, -0.2) is 4.98 Å². The van der Waals surface area contributed by atoms with Crippen LogP contribution in [0.5, 0.6) is 0 Å². The van der Waals surface area contributed by atoms with Crippen LogP contribution in [0.25, 0.3) is 27.7 Å². The van der Waals surface area contributed by atoms with Gasteiger partial charge in [0.05, 0.1) is 11.7 Å². The van der Waals surface area contributed by atoms with Crippen LogP contribution in [0.4, 0.5) is 5.82 Å². The Labute approximate surface area is 146 Å². The molecule has 0 radical (unpaired) electrons. The number of nitrogens with zero attached hydrogens (tertiary/aromatic N) is 5. The van der Waals surface area contributed by atoms with E-state index in [-0.39, 0.29) is 0 Å². The number of hydrogen-bond acceptors (Lipinski definition) is 5. The number of para-hydroxylation sites is 1. The van der Waals surface area contributed by atoms with Gasteiger partial charge in [-0.1, -0.05) is 24.3 Å². The minimum Gasteiger partial charge on any atom is -0.369 e. The van der Waals surface area contributed by atoms with Crippen LogP contribution in [0.1, 0.15) is 0 Å². The van der Waals surface area contributed by atoms with E-state index in [1.807, 2.05) is 41.3 Å². The largest absolute Gasteiger partial charge is 0.369 e. The molecule has 0 saturated heterocycles. The lowest BCUT2D eigenvalue weighted by Gasteiger charge is -2.12. The first-order chi connectivity index (χ1) is 12.2. The minimum absolute atomic E-state index is 0.827. The smallest absolute Gasteiger partial charge is 0.165 e. The summed E-state index contributed by atoms with van der Waals surface area (Å²) in [6, 6.07) is 12.1. The van der Waals surface area contributed by atoms with Crippen molar-refractivity contribution in [2.24, 2.45) is 0 Å². The maximum atomic E-state index is 4.55. The minimum atomic E-state index is 0.827. The maximum Gasteiger partial charge on any atom is 0.165 e. The number of rotatable bonds is 5. The molecule has 0 aliphatic carbocycles. The summed E-state index contributed by atoms with van der Waals surface area (Å²) in [4.78, 5) is 11.2. The summed E-state index contributed by atoms with van der Waals surface area (Å²) in [5.41, 5.74) is 3.83. The van der Waals surface area contributed by atoms with Crippen LogP contribution < -0.4 is 5.32 Å². The van der Waals surface area contributed by atoms with Crippen LogP contribution in [0.2, 0.25) is 0 Å². The van der Waals surface area contributed by atoms with Crippen molar-refractivity contribution < 1.29 is 0 Å². The van der Waals surface area contributed by atoms with E-state index in [1.54, 1.807) is 0 Å². The summed E-state index contributed by atoms with van der Waals surface area (Å²) in [6.07, 6.45) is 5.50. The molecule has 0 fully saturated rings. The Kier molecular flexibility index (Phi) is 4.03. The van der Waals surface area contributed by atoms with Crippen molar-refractivity contribution in [2.75, 3.05) is 32.5 Å². The molecule has 4 rings (SSSR count). The second kappa shape index (κ2) is 6.49. The molecule has 3 aromatic heterocycles. The Morgan fingerprint density at radius 2 is 1.88 bits per heavy atom. The zero-order chi connectivity index (χ0) is 17.2. The summed E-state index contributed by atoms with van der Waals surface area (Å²) >= 11 is 0. The van der Waals surface area contributed by atoms with Crippen molar-refractivity contribution in [1.82, 2.24) is 24.5 Å². The number of benzene rings is 1. The highest BCUT2D eigenvalue weighted by atomic mass is 15.3. The standard InChI is InChI=1S/C19H20N6/c1-24(2)12-11-20-17-8-10-22-19-16(13-23-25(17)19)15-7-3-5-14-6-4-9-21-18(14)15/h3-10,13,20H,11-12H2,1-2H3. The number of pyridine rings is 1. The van der Waals surface area contributed by atoms with E-state index in [0.29, 0.717) is 0 Å². The predicted molar refractivity (Wildman–Crippen MR) is 101 cm³/mol. The molecule has 0 bridgehead atoms. The molecular formula is C19H20N6. The second-order valence-electron chi connectivity index (χ2n) is 6.23. The van der Waals surface area contributed by atoms with Gasteiger partial charge >= 0.3 is 0 Å². The van der Waals surface area contributed by atoms with Crippen LogP contribution in [0.15, 0.2) is 55.0 Å². The summed E-state index contributed by atoms with van der Waals surface area (Å²) in [5, 5.41) is 9.08. The highest BCUT2D eigenvalue weighted by Gasteiger charge is 2.13.